The monoisotopic (exact) mass is 295 g/mol. The summed E-state index contributed by atoms with van der Waals surface area (Å²) in [5.41, 5.74) is 0.627. The molecule has 0 bridgehead atoms. The van der Waals surface area contributed by atoms with Gasteiger partial charge in [0.2, 0.25) is 0 Å². The van der Waals surface area contributed by atoms with E-state index in [9.17, 15) is 4.79 Å². The van der Waals surface area contributed by atoms with E-state index in [1.807, 2.05) is 0 Å². The van der Waals surface area contributed by atoms with Crippen LogP contribution in [0.3, 0.4) is 0 Å². The summed E-state index contributed by atoms with van der Waals surface area (Å²) in [4.78, 5) is 12.2. The summed E-state index contributed by atoms with van der Waals surface area (Å²) in [6.07, 6.45) is 3.62. The van der Waals surface area contributed by atoms with E-state index in [0.717, 1.165) is 25.7 Å². The van der Waals surface area contributed by atoms with Gasteiger partial charge >= 0.3 is 0 Å². The van der Waals surface area contributed by atoms with Crippen LogP contribution in [0.5, 0.6) is 0 Å². The fourth-order valence-corrected chi connectivity index (χ4v) is 3.08. The Morgan fingerprint density at radius 2 is 1.95 bits per heavy atom. The number of carbonyl (C=O) groups is 1. The van der Waals surface area contributed by atoms with Crippen LogP contribution in [0, 0.1) is 0 Å². The molecule has 108 valence electrons. The standard InChI is InChI=1S/C15H18ClNO3/c16-12-5-3-11(4-6-12)14(18)17-13-2-1-7-15(10-13)19-8-9-20-15/h3-6,13H,1-2,7-10H2,(H,17,18). The van der Waals surface area contributed by atoms with Gasteiger partial charge < -0.3 is 14.8 Å². The number of benzene rings is 1. The fourth-order valence-electron chi connectivity index (χ4n) is 2.95. The zero-order valence-corrected chi connectivity index (χ0v) is 12.0. The maximum absolute atomic E-state index is 12.2. The molecule has 1 aromatic carbocycles. The van der Waals surface area contributed by atoms with Gasteiger partial charge in [0, 0.05) is 29.5 Å². The molecule has 2 aliphatic rings. The van der Waals surface area contributed by atoms with E-state index in [4.69, 9.17) is 21.1 Å². The van der Waals surface area contributed by atoms with E-state index in [1.165, 1.54) is 0 Å². The second-order valence-electron chi connectivity index (χ2n) is 5.38. The van der Waals surface area contributed by atoms with Crippen molar-refractivity contribution in [1.82, 2.24) is 5.32 Å². The molecule has 0 radical (unpaired) electrons. The Morgan fingerprint density at radius 1 is 1.25 bits per heavy atom. The Hall–Kier alpha value is -1.10. The third-order valence-electron chi connectivity index (χ3n) is 3.92. The zero-order valence-electron chi connectivity index (χ0n) is 11.2. The van der Waals surface area contributed by atoms with Crippen LogP contribution >= 0.6 is 11.6 Å². The van der Waals surface area contributed by atoms with E-state index >= 15 is 0 Å². The molecule has 1 saturated heterocycles. The van der Waals surface area contributed by atoms with Gasteiger partial charge in [0.05, 0.1) is 13.2 Å². The molecule has 1 aliphatic carbocycles. The Bertz CT molecular complexity index is 482. The lowest BCUT2D eigenvalue weighted by Gasteiger charge is -2.36. The van der Waals surface area contributed by atoms with Crippen molar-refractivity contribution in [2.75, 3.05) is 13.2 Å². The van der Waals surface area contributed by atoms with Crippen molar-refractivity contribution < 1.29 is 14.3 Å². The highest BCUT2D eigenvalue weighted by molar-refractivity contribution is 6.30. The molecule has 1 unspecified atom stereocenters. The first-order valence-corrected chi connectivity index (χ1v) is 7.39. The topological polar surface area (TPSA) is 47.6 Å². The Morgan fingerprint density at radius 3 is 2.65 bits per heavy atom. The minimum Gasteiger partial charge on any atom is -0.349 e. The predicted octanol–water partition coefficient (Wildman–Crippen LogP) is 2.76. The van der Waals surface area contributed by atoms with Crippen LogP contribution in [0.2, 0.25) is 5.02 Å². The number of ether oxygens (including phenoxy) is 2. The molecule has 2 fully saturated rings. The molecule has 1 N–H and O–H groups in total. The average molecular weight is 296 g/mol. The second kappa shape index (κ2) is 5.72. The molecule has 1 amide bonds. The molecule has 3 rings (SSSR count). The number of rotatable bonds is 2. The molecular weight excluding hydrogens is 278 g/mol. The largest absolute Gasteiger partial charge is 0.349 e. The summed E-state index contributed by atoms with van der Waals surface area (Å²) < 4.78 is 11.4. The van der Waals surface area contributed by atoms with Gasteiger partial charge in [0.15, 0.2) is 5.79 Å². The third kappa shape index (κ3) is 2.97. The van der Waals surface area contributed by atoms with Crippen LogP contribution in [0.4, 0.5) is 0 Å². The summed E-state index contributed by atoms with van der Waals surface area (Å²) in [7, 11) is 0. The third-order valence-corrected chi connectivity index (χ3v) is 4.17. The van der Waals surface area contributed by atoms with Crippen LogP contribution in [-0.4, -0.2) is 30.9 Å². The van der Waals surface area contributed by atoms with Crippen LogP contribution < -0.4 is 5.32 Å². The summed E-state index contributed by atoms with van der Waals surface area (Å²) >= 11 is 5.83. The number of hydrogen-bond donors (Lipinski definition) is 1. The molecule has 5 heteroatoms. The quantitative estimate of drug-likeness (QED) is 0.912. The van der Waals surface area contributed by atoms with Crippen molar-refractivity contribution >= 4 is 17.5 Å². The first-order chi connectivity index (χ1) is 9.67. The maximum Gasteiger partial charge on any atom is 0.251 e. The average Bonchev–Trinajstić information content (AvgIpc) is 2.87. The van der Waals surface area contributed by atoms with Crippen LogP contribution in [0.1, 0.15) is 36.0 Å². The summed E-state index contributed by atoms with van der Waals surface area (Å²) in [6.45, 7) is 1.30. The number of amides is 1. The molecular formula is C15H18ClNO3. The number of carbonyl (C=O) groups excluding carboxylic acids is 1. The molecule has 1 spiro atoms. The predicted molar refractivity (Wildman–Crippen MR) is 75.8 cm³/mol. The van der Waals surface area contributed by atoms with Crippen molar-refractivity contribution in [1.29, 1.82) is 0 Å². The minimum atomic E-state index is -0.462. The lowest BCUT2D eigenvalue weighted by atomic mass is 9.89. The van der Waals surface area contributed by atoms with Crippen LogP contribution in [0.15, 0.2) is 24.3 Å². The van der Waals surface area contributed by atoms with Gasteiger partial charge in [0.1, 0.15) is 0 Å². The van der Waals surface area contributed by atoms with Gasteiger partial charge in [-0.15, -0.1) is 0 Å². The van der Waals surface area contributed by atoms with Gasteiger partial charge in [-0.3, -0.25) is 4.79 Å². The van der Waals surface area contributed by atoms with Gasteiger partial charge in [-0.1, -0.05) is 11.6 Å². The minimum absolute atomic E-state index is 0.0679. The van der Waals surface area contributed by atoms with Crippen molar-refractivity contribution in [2.45, 2.75) is 37.5 Å². The van der Waals surface area contributed by atoms with Gasteiger partial charge in [0.25, 0.3) is 5.91 Å². The van der Waals surface area contributed by atoms with E-state index in [0.29, 0.717) is 23.8 Å². The normalized spacial score (nSPS) is 24.8. The molecule has 1 aliphatic heterocycles. The SMILES string of the molecule is O=C(NC1CCCC2(C1)OCCO2)c1ccc(Cl)cc1. The summed E-state index contributed by atoms with van der Waals surface area (Å²) in [6, 6.07) is 7.02. The van der Waals surface area contributed by atoms with Crippen LogP contribution in [0.25, 0.3) is 0 Å². The highest BCUT2D eigenvalue weighted by atomic mass is 35.5. The summed E-state index contributed by atoms with van der Waals surface area (Å²) in [5.74, 6) is -0.530. The first kappa shape index (κ1) is 13.9. The maximum atomic E-state index is 12.2. The number of hydrogen-bond acceptors (Lipinski definition) is 3. The molecule has 1 heterocycles. The molecule has 4 nitrogen and oxygen atoms in total. The Balaban J connectivity index is 1.62. The molecule has 1 saturated carbocycles. The van der Waals surface area contributed by atoms with E-state index in [2.05, 4.69) is 5.32 Å². The van der Waals surface area contributed by atoms with Crippen molar-refractivity contribution in [3.8, 4) is 0 Å². The Kier molecular flexibility index (Phi) is 3.96. The van der Waals surface area contributed by atoms with Crippen molar-refractivity contribution in [3.05, 3.63) is 34.9 Å². The summed E-state index contributed by atoms with van der Waals surface area (Å²) in [5, 5.41) is 3.69. The Labute approximate surface area is 123 Å². The molecule has 0 aromatic heterocycles. The highest BCUT2D eigenvalue weighted by Crippen LogP contribution is 2.35. The molecule has 1 aromatic rings. The van der Waals surface area contributed by atoms with Gasteiger partial charge in [-0.05, 0) is 37.1 Å². The van der Waals surface area contributed by atoms with Crippen LogP contribution in [-0.2, 0) is 9.47 Å². The van der Waals surface area contributed by atoms with Crippen molar-refractivity contribution in [2.24, 2.45) is 0 Å². The second-order valence-corrected chi connectivity index (χ2v) is 5.82. The van der Waals surface area contributed by atoms with Crippen molar-refractivity contribution in [3.63, 3.8) is 0 Å². The smallest absolute Gasteiger partial charge is 0.251 e. The fraction of sp³-hybridized carbons (Fsp3) is 0.533. The van der Waals surface area contributed by atoms with E-state index < -0.39 is 5.79 Å². The lowest BCUT2D eigenvalue weighted by molar-refractivity contribution is -0.181. The number of halogens is 1. The van der Waals surface area contributed by atoms with E-state index in [-0.39, 0.29) is 11.9 Å². The zero-order chi connectivity index (χ0) is 14.0. The van der Waals surface area contributed by atoms with Gasteiger partial charge in [-0.25, -0.2) is 0 Å². The molecule has 20 heavy (non-hydrogen) atoms. The highest BCUT2D eigenvalue weighted by Gasteiger charge is 2.41. The molecule has 1 atom stereocenters. The number of nitrogens with one attached hydrogen (secondary N) is 1. The van der Waals surface area contributed by atoms with E-state index in [1.54, 1.807) is 24.3 Å². The first-order valence-electron chi connectivity index (χ1n) is 7.01. The van der Waals surface area contributed by atoms with Gasteiger partial charge in [-0.2, -0.15) is 0 Å². The lowest BCUT2D eigenvalue weighted by Crippen LogP contribution is -2.46.